The molecule has 1 atom stereocenters. The number of nitrogens with two attached hydrogens (primary N) is 3. The number of unbranched alkanes of at least 4 members (excludes halogenated alkanes) is 4. The van der Waals surface area contributed by atoms with Crippen molar-refractivity contribution in [1.29, 1.82) is 0 Å². The van der Waals surface area contributed by atoms with E-state index in [2.05, 4.69) is 62.6 Å². The highest BCUT2D eigenvalue weighted by Crippen LogP contribution is 2.38. The van der Waals surface area contributed by atoms with Gasteiger partial charge in [-0.25, -0.2) is 9.59 Å². The monoisotopic (exact) mass is 1910 g/mol. The number of hydrogen-bond donors (Lipinski definition) is 11. The van der Waals surface area contributed by atoms with E-state index in [4.69, 9.17) is 64.6 Å². The summed E-state index contributed by atoms with van der Waals surface area (Å²) in [5, 5.41) is 22.5. The van der Waals surface area contributed by atoms with Crippen LogP contribution in [0.4, 0.5) is 45.5 Å². The molecule has 0 saturated carbocycles. The van der Waals surface area contributed by atoms with Gasteiger partial charge in [0.15, 0.2) is 0 Å². The van der Waals surface area contributed by atoms with E-state index in [0.717, 1.165) is 25.7 Å². The number of hydrogen-bond acceptors (Lipinski definition) is 23. The molecule has 752 valence electrons. The average Bonchev–Trinajstić information content (AvgIpc) is 0.816. The van der Waals surface area contributed by atoms with Gasteiger partial charge in [0, 0.05) is 39.8 Å². The van der Waals surface area contributed by atoms with Gasteiger partial charge in [-0.2, -0.15) is 0 Å². The highest BCUT2D eigenvalue weighted by atomic mass is 16.5. The number of nitrogens with one attached hydrogen (secondary N) is 8. The molecule has 138 heavy (non-hydrogen) atoms. The summed E-state index contributed by atoms with van der Waals surface area (Å²) in [5.41, 5.74) is 21.6. The lowest BCUT2D eigenvalue weighted by atomic mass is 10.1. The van der Waals surface area contributed by atoms with Gasteiger partial charge in [0.05, 0.1) is 120 Å². The van der Waals surface area contributed by atoms with Crippen molar-refractivity contribution in [3.05, 3.63) is 215 Å². The fraction of sp³-hybridized carbons (Fsp3) is 0.406. The Morgan fingerprint density at radius 2 is 0.551 bits per heavy atom. The molecule has 0 aliphatic heterocycles. The van der Waals surface area contributed by atoms with Gasteiger partial charge >= 0.3 is 11.9 Å². The standard InChI is InChI=1S/2C36H44N4O8.C30H43N3O5.4CH4/c1-8-15-45-36(44)26-11-14-29(32(18-26)48-23(6)7)40-34(42)24-9-12-27(30(16-24)46-20-21(2)3)39-35(43)25-10-13-28(38-33(41)19-37)31(17-25)47-22(4)5;1-8-16-45-36(44)26-12-15-28(31(19-26)47-22(5)6)39-35(43)25-11-14-29(32(18-25)48-23(7)9-2)40-34(42)24-10-13-27(38-33(41)20-37)30(17-24)46-21(3)4;1-6-7-8-9-10-11-28(34)32-24-15-13-23(17-27(24)38-19-21(4)5)30(36)33-25-14-12-22(29(31)35)16-26(25)37-18-20(2)3;;;;/h8-14,16-18,21-23H,1,15,19-20,37H2,2-7H3,(H,38,41)(H,39,43)(H,40,42);8,10-15,17-19,21-23H,1,9,16,20,37H2,2-7H3,(H,38,41)(H,39,43)(H,40,42);12-17,20-21H,6-11,18-19H2,1-5H3,(H2,31,35)(H,32,34)(H,33,36);4*1H4. The molecule has 14 N–H and O–H groups in total. The molecule has 0 aliphatic carbocycles. The third-order valence-electron chi connectivity index (χ3n) is 18.6. The highest BCUT2D eigenvalue weighted by molar-refractivity contribution is 6.11. The Morgan fingerprint density at radius 3 is 0.819 bits per heavy atom. The predicted octanol–water partition coefficient (Wildman–Crippen LogP) is 21.2. The van der Waals surface area contributed by atoms with Crippen LogP contribution in [0.3, 0.4) is 0 Å². The topological polar surface area (TPSA) is 454 Å². The van der Waals surface area contributed by atoms with Crippen molar-refractivity contribution < 1.29 is 100 Å². The van der Waals surface area contributed by atoms with Gasteiger partial charge in [0.2, 0.25) is 23.6 Å². The molecule has 8 rings (SSSR count). The van der Waals surface area contributed by atoms with Gasteiger partial charge in [-0.3, -0.25) is 43.2 Å². The minimum absolute atomic E-state index is 0. The molecule has 0 heterocycles. The molecular formula is C106H147N11O21. The smallest absolute Gasteiger partial charge is 0.338 e. The largest absolute Gasteiger partial charge is 0.491 e. The second-order valence-corrected chi connectivity index (χ2v) is 33.4. The minimum atomic E-state index is -0.581. The third-order valence-corrected chi connectivity index (χ3v) is 18.6. The summed E-state index contributed by atoms with van der Waals surface area (Å²) in [6.45, 7) is 40.6. The van der Waals surface area contributed by atoms with E-state index in [0.29, 0.717) is 118 Å². The first-order valence-electron chi connectivity index (χ1n) is 44.8. The number of rotatable bonds is 48. The lowest BCUT2D eigenvalue weighted by molar-refractivity contribution is -0.116. The van der Waals surface area contributed by atoms with Crippen LogP contribution in [0.25, 0.3) is 0 Å². The summed E-state index contributed by atoms with van der Waals surface area (Å²) in [6.07, 6.45) is 8.22. The molecule has 0 aliphatic rings. The zero-order valence-electron chi connectivity index (χ0n) is 79.7. The van der Waals surface area contributed by atoms with Crippen LogP contribution < -0.4 is 97.6 Å². The third kappa shape index (κ3) is 40.3. The van der Waals surface area contributed by atoms with Gasteiger partial charge in [0.1, 0.15) is 59.2 Å². The number of carbonyl (C=O) groups excluding carboxylic acids is 11. The lowest BCUT2D eigenvalue weighted by Crippen LogP contribution is -2.23. The fourth-order valence-electron chi connectivity index (χ4n) is 12.0. The van der Waals surface area contributed by atoms with Crippen molar-refractivity contribution in [1.82, 2.24) is 0 Å². The molecule has 8 aromatic rings. The molecule has 0 saturated heterocycles. The SMILES string of the molecule is C.C.C.C.C=CCOC(=O)c1ccc(NC(=O)c2ccc(NC(=O)c3ccc(NC(=O)CN)c(OC(C)C)c3)c(OC(C)CC)c2)c(OC(C)C)c1.C=CCOC(=O)c1ccc(NC(=O)c2ccc(NC(=O)c3ccc(NC(=O)CN)c(OC(C)C)c3)c(OCC(C)C)c2)c(OC(C)C)c1.CCCCCCCC(=O)Nc1ccc(C(=O)Nc2ccc(C(N)=O)cc2OCC(C)C)cc1OCC(C)C. The Hall–Kier alpha value is -14.3. The van der Waals surface area contributed by atoms with Crippen LogP contribution in [0.1, 0.15) is 275 Å². The van der Waals surface area contributed by atoms with Crippen molar-refractivity contribution in [2.45, 2.75) is 223 Å². The molecule has 32 nitrogen and oxygen atoms in total. The minimum Gasteiger partial charge on any atom is -0.491 e. The van der Waals surface area contributed by atoms with Gasteiger partial charge in [-0.15, -0.1) is 0 Å². The fourth-order valence-corrected chi connectivity index (χ4v) is 12.0. The summed E-state index contributed by atoms with van der Waals surface area (Å²) in [6, 6.07) is 37.4. The number of esters is 2. The molecule has 8 aromatic carbocycles. The molecule has 9 amide bonds. The summed E-state index contributed by atoms with van der Waals surface area (Å²) in [4.78, 5) is 140. The Kier molecular flexibility index (Phi) is 52.9. The summed E-state index contributed by atoms with van der Waals surface area (Å²) < 4.78 is 57.6. The Morgan fingerprint density at radius 1 is 0.312 bits per heavy atom. The van der Waals surface area contributed by atoms with Crippen LogP contribution in [0.15, 0.2) is 171 Å². The van der Waals surface area contributed by atoms with Crippen LogP contribution in [0.2, 0.25) is 0 Å². The first-order chi connectivity index (χ1) is 63.7. The van der Waals surface area contributed by atoms with Crippen LogP contribution in [0.5, 0.6) is 46.0 Å². The Bertz CT molecular complexity index is 5380. The molecule has 0 spiro atoms. The number of anilines is 8. The molecule has 1 unspecified atom stereocenters. The van der Waals surface area contributed by atoms with E-state index >= 15 is 0 Å². The van der Waals surface area contributed by atoms with Crippen molar-refractivity contribution in [3.8, 4) is 46.0 Å². The van der Waals surface area contributed by atoms with E-state index < -0.39 is 53.3 Å². The lowest BCUT2D eigenvalue weighted by Gasteiger charge is -2.19. The zero-order chi connectivity index (χ0) is 98.8. The van der Waals surface area contributed by atoms with Crippen molar-refractivity contribution in [2.75, 3.05) is 88.7 Å². The maximum absolute atomic E-state index is 13.5. The zero-order valence-corrected chi connectivity index (χ0v) is 79.7. The van der Waals surface area contributed by atoms with E-state index in [9.17, 15) is 52.7 Å². The number of amides is 9. The van der Waals surface area contributed by atoms with Crippen LogP contribution >= 0.6 is 0 Å². The van der Waals surface area contributed by atoms with E-state index in [1.165, 1.54) is 73.2 Å². The second-order valence-electron chi connectivity index (χ2n) is 33.4. The van der Waals surface area contributed by atoms with Crippen LogP contribution in [-0.4, -0.2) is 142 Å². The number of carbonyl (C=O) groups is 11. The second kappa shape index (κ2) is 61.0. The number of benzene rings is 8. The Balaban J connectivity index is 0.000000696. The molecule has 32 heteroatoms. The maximum atomic E-state index is 13.5. The predicted molar refractivity (Wildman–Crippen MR) is 550 cm³/mol. The van der Waals surface area contributed by atoms with Crippen LogP contribution in [0, 0.1) is 17.8 Å². The first kappa shape index (κ1) is 120. The van der Waals surface area contributed by atoms with Gasteiger partial charge < -0.3 is 107 Å². The summed E-state index contributed by atoms with van der Waals surface area (Å²) in [5.74, 6) is -1.56. The van der Waals surface area contributed by atoms with Gasteiger partial charge in [-0.05, 0) is 239 Å². The summed E-state index contributed by atoms with van der Waals surface area (Å²) in [7, 11) is 0. The van der Waals surface area contributed by atoms with E-state index in [1.54, 1.807) is 91.0 Å². The normalized spacial score (nSPS) is 10.7. The van der Waals surface area contributed by atoms with Gasteiger partial charge in [-0.1, -0.05) is 136 Å². The highest BCUT2D eigenvalue weighted by Gasteiger charge is 2.26. The average molecular weight is 1910 g/mol. The van der Waals surface area contributed by atoms with E-state index in [1.807, 2.05) is 111 Å². The van der Waals surface area contributed by atoms with Gasteiger partial charge in [0.25, 0.3) is 29.5 Å². The first-order valence-corrected chi connectivity index (χ1v) is 44.8. The maximum Gasteiger partial charge on any atom is 0.338 e. The van der Waals surface area contributed by atoms with Crippen molar-refractivity contribution in [3.63, 3.8) is 0 Å². The molecule has 0 radical (unpaired) electrons. The quantitative estimate of drug-likeness (QED) is 0.00958. The molecule has 0 aromatic heterocycles. The molecular weight excluding hydrogens is 1760 g/mol. The van der Waals surface area contributed by atoms with Crippen LogP contribution in [-0.2, 0) is 23.9 Å². The Labute approximate surface area is 814 Å². The summed E-state index contributed by atoms with van der Waals surface area (Å²) >= 11 is 0. The van der Waals surface area contributed by atoms with Crippen molar-refractivity contribution in [2.24, 2.45) is 35.0 Å². The number of primary amides is 1. The van der Waals surface area contributed by atoms with E-state index in [-0.39, 0.29) is 167 Å². The molecule has 0 bridgehead atoms. The molecule has 0 fully saturated rings. The van der Waals surface area contributed by atoms with Crippen molar-refractivity contribution >= 4 is 111 Å². The number of ether oxygens (including phenoxy) is 10.